The number of nitrogens with zero attached hydrogens (tertiary/aromatic N) is 2. The molecule has 122 valence electrons. The monoisotopic (exact) mass is 378 g/mol. The quantitative estimate of drug-likeness (QED) is 0.773. The fourth-order valence-electron chi connectivity index (χ4n) is 2.28. The van der Waals surface area contributed by atoms with Crippen molar-refractivity contribution in [3.63, 3.8) is 0 Å². The van der Waals surface area contributed by atoms with Crippen LogP contribution in [0.4, 0.5) is 4.79 Å². The van der Waals surface area contributed by atoms with E-state index in [4.69, 9.17) is 0 Å². The Balaban J connectivity index is 1.86. The number of carbonyl (C=O) groups is 1. The van der Waals surface area contributed by atoms with Gasteiger partial charge in [0.05, 0.1) is 12.6 Å². The minimum Gasteiger partial charge on any atom is -0.465 e. The van der Waals surface area contributed by atoms with E-state index in [2.05, 4.69) is 20.9 Å². The maximum absolute atomic E-state index is 11.3. The lowest BCUT2D eigenvalue weighted by Gasteiger charge is -2.22. The number of aliphatic hydroxyl groups is 1. The first-order valence-electron chi connectivity index (χ1n) is 7.36. The lowest BCUT2D eigenvalue weighted by atomic mass is 10.1. The van der Waals surface area contributed by atoms with E-state index in [1.165, 1.54) is 4.90 Å². The highest BCUT2D eigenvalue weighted by Crippen LogP contribution is 2.15. The van der Waals surface area contributed by atoms with Crippen LogP contribution in [-0.4, -0.2) is 39.3 Å². The standard InChI is InChI=1S/C17H19BrN2O3/c18-15-7-5-13(6-8-15)3-2-10-20(17(22)23)12-16(21)14-4-1-9-19-11-14/h1,4-9,11,16,21H,2-3,10,12H2,(H,22,23)/t16-/m1/s1. The van der Waals surface area contributed by atoms with Crippen molar-refractivity contribution in [2.75, 3.05) is 13.1 Å². The second kappa shape index (κ2) is 8.64. The van der Waals surface area contributed by atoms with E-state index in [0.717, 1.165) is 16.5 Å². The van der Waals surface area contributed by atoms with Crippen LogP contribution in [0.2, 0.25) is 0 Å². The second-order valence-electron chi connectivity index (χ2n) is 5.26. The van der Waals surface area contributed by atoms with E-state index in [0.29, 0.717) is 18.5 Å². The maximum Gasteiger partial charge on any atom is 0.407 e. The molecule has 6 heteroatoms. The number of hydrogen-bond acceptors (Lipinski definition) is 3. The smallest absolute Gasteiger partial charge is 0.407 e. The zero-order valence-electron chi connectivity index (χ0n) is 12.6. The molecule has 0 unspecified atom stereocenters. The van der Waals surface area contributed by atoms with Crippen molar-refractivity contribution in [2.45, 2.75) is 18.9 Å². The van der Waals surface area contributed by atoms with Gasteiger partial charge in [-0.2, -0.15) is 0 Å². The van der Waals surface area contributed by atoms with Crippen LogP contribution in [-0.2, 0) is 6.42 Å². The van der Waals surface area contributed by atoms with Gasteiger partial charge in [0.15, 0.2) is 0 Å². The van der Waals surface area contributed by atoms with E-state index in [1.807, 2.05) is 24.3 Å². The molecule has 1 amide bonds. The number of aromatic nitrogens is 1. The van der Waals surface area contributed by atoms with Crippen LogP contribution in [0.1, 0.15) is 23.7 Å². The molecular formula is C17H19BrN2O3. The van der Waals surface area contributed by atoms with Crippen LogP contribution in [0.25, 0.3) is 0 Å². The number of aryl methyl sites for hydroxylation is 1. The minimum absolute atomic E-state index is 0.0430. The van der Waals surface area contributed by atoms with Gasteiger partial charge in [0.2, 0.25) is 0 Å². The molecule has 0 saturated carbocycles. The molecule has 0 bridgehead atoms. The number of hydrogen-bond donors (Lipinski definition) is 2. The third-order valence-electron chi connectivity index (χ3n) is 3.54. The van der Waals surface area contributed by atoms with Crippen molar-refractivity contribution in [3.05, 3.63) is 64.4 Å². The Morgan fingerprint density at radius 1 is 1.26 bits per heavy atom. The lowest BCUT2D eigenvalue weighted by Crippen LogP contribution is -2.34. The minimum atomic E-state index is -1.02. The highest BCUT2D eigenvalue weighted by molar-refractivity contribution is 9.10. The molecule has 5 nitrogen and oxygen atoms in total. The molecule has 2 N–H and O–H groups in total. The summed E-state index contributed by atoms with van der Waals surface area (Å²) in [6.45, 7) is 0.421. The van der Waals surface area contributed by atoms with Crippen molar-refractivity contribution in [1.82, 2.24) is 9.88 Å². The van der Waals surface area contributed by atoms with E-state index in [9.17, 15) is 15.0 Å². The number of rotatable bonds is 7. The summed E-state index contributed by atoms with van der Waals surface area (Å²) >= 11 is 3.39. The van der Waals surface area contributed by atoms with E-state index in [-0.39, 0.29) is 6.54 Å². The summed E-state index contributed by atoms with van der Waals surface area (Å²) in [5.41, 5.74) is 1.78. The average Bonchev–Trinajstić information content (AvgIpc) is 2.56. The van der Waals surface area contributed by atoms with E-state index < -0.39 is 12.2 Å². The summed E-state index contributed by atoms with van der Waals surface area (Å²) in [5, 5.41) is 19.4. The average molecular weight is 379 g/mol. The van der Waals surface area contributed by atoms with E-state index in [1.54, 1.807) is 24.5 Å². The summed E-state index contributed by atoms with van der Waals surface area (Å²) in [7, 11) is 0. The topological polar surface area (TPSA) is 73.7 Å². The molecule has 2 aromatic rings. The van der Waals surface area contributed by atoms with Gasteiger partial charge >= 0.3 is 6.09 Å². The Hall–Kier alpha value is -1.92. The van der Waals surface area contributed by atoms with Gasteiger partial charge in [-0.15, -0.1) is 0 Å². The van der Waals surface area contributed by atoms with Crippen molar-refractivity contribution in [2.24, 2.45) is 0 Å². The van der Waals surface area contributed by atoms with Crippen molar-refractivity contribution < 1.29 is 15.0 Å². The highest BCUT2D eigenvalue weighted by atomic mass is 79.9. The van der Waals surface area contributed by atoms with Crippen molar-refractivity contribution in [1.29, 1.82) is 0 Å². The van der Waals surface area contributed by atoms with E-state index >= 15 is 0 Å². The summed E-state index contributed by atoms with van der Waals surface area (Å²) in [5.74, 6) is 0. The molecule has 1 heterocycles. The molecule has 1 aromatic heterocycles. The molecule has 23 heavy (non-hydrogen) atoms. The SMILES string of the molecule is O=C(O)N(CCCc1ccc(Br)cc1)C[C@@H](O)c1cccnc1. The fraction of sp³-hybridized carbons (Fsp3) is 0.294. The predicted molar refractivity (Wildman–Crippen MR) is 91.3 cm³/mol. The van der Waals surface area contributed by atoms with Gasteiger partial charge in [-0.3, -0.25) is 4.98 Å². The third-order valence-corrected chi connectivity index (χ3v) is 4.07. The number of pyridine rings is 1. The van der Waals surface area contributed by atoms with Gasteiger partial charge in [-0.05, 0) is 36.6 Å². The van der Waals surface area contributed by atoms with Crippen molar-refractivity contribution >= 4 is 22.0 Å². The Morgan fingerprint density at radius 3 is 2.61 bits per heavy atom. The van der Waals surface area contributed by atoms with Gasteiger partial charge in [0, 0.05) is 29.0 Å². The number of carboxylic acid groups (broad SMARTS) is 1. The Morgan fingerprint density at radius 2 is 2.00 bits per heavy atom. The molecule has 0 spiro atoms. The summed E-state index contributed by atoms with van der Waals surface area (Å²) < 4.78 is 1.02. The van der Waals surface area contributed by atoms with Crippen LogP contribution in [0.15, 0.2) is 53.3 Å². The molecule has 0 saturated heterocycles. The maximum atomic E-state index is 11.3. The zero-order chi connectivity index (χ0) is 16.7. The summed E-state index contributed by atoms with van der Waals surface area (Å²) in [4.78, 5) is 16.5. The third kappa shape index (κ3) is 5.65. The van der Waals surface area contributed by atoms with Crippen LogP contribution >= 0.6 is 15.9 Å². The van der Waals surface area contributed by atoms with Crippen LogP contribution < -0.4 is 0 Å². The van der Waals surface area contributed by atoms with Crippen LogP contribution in [0, 0.1) is 0 Å². The Labute approximate surface area is 143 Å². The molecule has 0 aliphatic rings. The molecule has 0 aliphatic carbocycles. The number of amides is 1. The zero-order valence-corrected chi connectivity index (χ0v) is 14.2. The largest absolute Gasteiger partial charge is 0.465 e. The molecule has 1 atom stereocenters. The predicted octanol–water partition coefficient (Wildman–Crippen LogP) is 3.49. The van der Waals surface area contributed by atoms with Gasteiger partial charge in [0.25, 0.3) is 0 Å². The summed E-state index contributed by atoms with van der Waals surface area (Å²) in [6, 6.07) is 11.4. The molecule has 0 fully saturated rings. The first-order chi connectivity index (χ1) is 11.1. The second-order valence-corrected chi connectivity index (χ2v) is 6.18. The Bertz CT molecular complexity index is 619. The molecule has 2 rings (SSSR count). The molecule has 1 aromatic carbocycles. The fourth-order valence-corrected chi connectivity index (χ4v) is 2.54. The first-order valence-corrected chi connectivity index (χ1v) is 8.16. The number of benzene rings is 1. The van der Waals surface area contributed by atoms with Gasteiger partial charge < -0.3 is 15.1 Å². The molecular weight excluding hydrogens is 360 g/mol. The number of halogens is 1. The van der Waals surface area contributed by atoms with Crippen LogP contribution in [0.3, 0.4) is 0 Å². The highest BCUT2D eigenvalue weighted by Gasteiger charge is 2.17. The van der Waals surface area contributed by atoms with Crippen LogP contribution in [0.5, 0.6) is 0 Å². The van der Waals surface area contributed by atoms with Gasteiger partial charge in [-0.25, -0.2) is 4.79 Å². The normalized spacial score (nSPS) is 11.9. The summed E-state index contributed by atoms with van der Waals surface area (Å²) in [6.07, 6.45) is 2.76. The lowest BCUT2D eigenvalue weighted by molar-refractivity contribution is 0.0961. The van der Waals surface area contributed by atoms with Crippen molar-refractivity contribution in [3.8, 4) is 0 Å². The molecule has 0 radical (unpaired) electrons. The first kappa shape index (κ1) is 17.4. The van der Waals surface area contributed by atoms with Gasteiger partial charge in [0.1, 0.15) is 0 Å². The Kier molecular flexibility index (Phi) is 6.55. The number of aliphatic hydroxyl groups excluding tert-OH is 1. The molecule has 0 aliphatic heterocycles. The van der Waals surface area contributed by atoms with Gasteiger partial charge in [-0.1, -0.05) is 34.1 Å².